The summed E-state index contributed by atoms with van der Waals surface area (Å²) in [7, 11) is 0. The van der Waals surface area contributed by atoms with Gasteiger partial charge in [-0.15, -0.1) is 0 Å². The fourth-order valence-electron chi connectivity index (χ4n) is 1.78. The SMILES string of the molecule is Cc1ccc(C(=O)C2(N)CCC2)cc1. The third-order valence-corrected chi connectivity index (χ3v) is 3.01. The molecule has 0 heterocycles. The Morgan fingerprint density at radius 2 is 1.86 bits per heavy atom. The standard InChI is InChI=1S/C12H15NO/c1-9-3-5-10(6-4-9)11(14)12(13)7-2-8-12/h3-6H,2,7-8,13H2,1H3. The Balaban J connectivity index is 2.23. The molecule has 0 unspecified atom stereocenters. The highest BCUT2D eigenvalue weighted by Crippen LogP contribution is 2.32. The first-order valence-corrected chi connectivity index (χ1v) is 5.02. The summed E-state index contributed by atoms with van der Waals surface area (Å²) in [5.74, 6) is 0.101. The Labute approximate surface area is 84.1 Å². The predicted octanol–water partition coefficient (Wildman–Crippen LogP) is 2.06. The average Bonchev–Trinajstić information content (AvgIpc) is 2.14. The summed E-state index contributed by atoms with van der Waals surface area (Å²) in [6.07, 6.45) is 2.74. The van der Waals surface area contributed by atoms with Crippen LogP contribution in [-0.4, -0.2) is 11.3 Å². The lowest BCUT2D eigenvalue weighted by atomic mass is 9.73. The molecule has 0 spiro atoms. The van der Waals surface area contributed by atoms with Gasteiger partial charge in [-0.3, -0.25) is 4.79 Å². The second kappa shape index (κ2) is 3.21. The lowest BCUT2D eigenvalue weighted by Gasteiger charge is -2.36. The lowest BCUT2D eigenvalue weighted by molar-refractivity contribution is 0.0801. The van der Waals surface area contributed by atoms with E-state index in [4.69, 9.17) is 5.73 Å². The van der Waals surface area contributed by atoms with Gasteiger partial charge in [-0.05, 0) is 26.2 Å². The average molecular weight is 189 g/mol. The largest absolute Gasteiger partial charge is 0.319 e. The molecule has 0 aliphatic heterocycles. The highest BCUT2D eigenvalue weighted by atomic mass is 16.1. The molecular weight excluding hydrogens is 174 g/mol. The van der Waals surface area contributed by atoms with Gasteiger partial charge in [0.2, 0.25) is 0 Å². The van der Waals surface area contributed by atoms with Crippen LogP contribution in [0.4, 0.5) is 0 Å². The van der Waals surface area contributed by atoms with Crippen LogP contribution >= 0.6 is 0 Å². The summed E-state index contributed by atoms with van der Waals surface area (Å²) in [5, 5.41) is 0. The van der Waals surface area contributed by atoms with Gasteiger partial charge in [0, 0.05) is 5.56 Å². The minimum atomic E-state index is -0.560. The number of benzene rings is 1. The van der Waals surface area contributed by atoms with Crippen LogP contribution in [0.3, 0.4) is 0 Å². The second-order valence-electron chi connectivity index (χ2n) is 4.20. The number of Topliss-reactive ketones (excluding diaryl/α,β-unsaturated/α-hetero) is 1. The number of rotatable bonds is 2. The molecule has 1 aliphatic carbocycles. The number of nitrogens with two attached hydrogens (primary N) is 1. The molecule has 0 saturated heterocycles. The van der Waals surface area contributed by atoms with Crippen LogP contribution < -0.4 is 5.73 Å². The minimum absolute atomic E-state index is 0.101. The maximum absolute atomic E-state index is 11.9. The molecule has 1 aliphatic rings. The maximum Gasteiger partial charge on any atom is 0.182 e. The van der Waals surface area contributed by atoms with Crippen molar-refractivity contribution < 1.29 is 4.79 Å². The number of aryl methyl sites for hydroxylation is 1. The number of carbonyl (C=O) groups excluding carboxylic acids is 1. The van der Waals surface area contributed by atoms with Gasteiger partial charge in [-0.1, -0.05) is 29.8 Å². The summed E-state index contributed by atoms with van der Waals surface area (Å²) >= 11 is 0. The molecular formula is C12H15NO. The molecule has 0 amide bonds. The van der Waals surface area contributed by atoms with Crippen LogP contribution in [0.15, 0.2) is 24.3 Å². The predicted molar refractivity (Wildman–Crippen MR) is 56.3 cm³/mol. The quantitative estimate of drug-likeness (QED) is 0.724. The van der Waals surface area contributed by atoms with Crippen molar-refractivity contribution in [2.45, 2.75) is 31.7 Å². The van der Waals surface area contributed by atoms with E-state index < -0.39 is 5.54 Å². The van der Waals surface area contributed by atoms with Crippen LogP contribution in [0.2, 0.25) is 0 Å². The van der Waals surface area contributed by atoms with E-state index >= 15 is 0 Å². The van der Waals surface area contributed by atoms with Crippen molar-refractivity contribution >= 4 is 5.78 Å². The molecule has 0 bridgehead atoms. The molecule has 2 rings (SSSR count). The van der Waals surface area contributed by atoms with Crippen LogP contribution in [0.1, 0.15) is 35.2 Å². The highest BCUT2D eigenvalue weighted by molar-refractivity contribution is 6.03. The molecule has 0 aromatic heterocycles. The molecule has 1 saturated carbocycles. The zero-order chi connectivity index (χ0) is 10.2. The van der Waals surface area contributed by atoms with Crippen molar-refractivity contribution in [3.63, 3.8) is 0 Å². The lowest BCUT2D eigenvalue weighted by Crippen LogP contribution is -2.53. The molecule has 1 fully saturated rings. The van der Waals surface area contributed by atoms with E-state index in [1.165, 1.54) is 5.56 Å². The van der Waals surface area contributed by atoms with E-state index in [-0.39, 0.29) is 5.78 Å². The van der Waals surface area contributed by atoms with E-state index in [0.29, 0.717) is 0 Å². The first-order chi connectivity index (χ1) is 6.62. The number of carbonyl (C=O) groups is 1. The minimum Gasteiger partial charge on any atom is -0.319 e. The van der Waals surface area contributed by atoms with Gasteiger partial charge in [0.15, 0.2) is 5.78 Å². The van der Waals surface area contributed by atoms with Crippen molar-refractivity contribution in [2.75, 3.05) is 0 Å². The van der Waals surface area contributed by atoms with Crippen molar-refractivity contribution in [3.05, 3.63) is 35.4 Å². The zero-order valence-electron chi connectivity index (χ0n) is 8.42. The van der Waals surface area contributed by atoms with Gasteiger partial charge >= 0.3 is 0 Å². The van der Waals surface area contributed by atoms with Gasteiger partial charge in [-0.25, -0.2) is 0 Å². The molecule has 14 heavy (non-hydrogen) atoms. The zero-order valence-corrected chi connectivity index (χ0v) is 8.42. The van der Waals surface area contributed by atoms with E-state index in [0.717, 1.165) is 24.8 Å². The van der Waals surface area contributed by atoms with Crippen molar-refractivity contribution in [1.82, 2.24) is 0 Å². The first kappa shape index (κ1) is 9.41. The first-order valence-electron chi connectivity index (χ1n) is 5.02. The van der Waals surface area contributed by atoms with Crippen molar-refractivity contribution in [3.8, 4) is 0 Å². The van der Waals surface area contributed by atoms with Crippen LogP contribution in [-0.2, 0) is 0 Å². The molecule has 1 aromatic carbocycles. The molecule has 2 heteroatoms. The third-order valence-electron chi connectivity index (χ3n) is 3.01. The van der Waals surface area contributed by atoms with Gasteiger partial charge in [0.1, 0.15) is 0 Å². The van der Waals surface area contributed by atoms with E-state index in [1.807, 2.05) is 31.2 Å². The fourth-order valence-corrected chi connectivity index (χ4v) is 1.78. The summed E-state index contributed by atoms with van der Waals surface area (Å²) in [4.78, 5) is 11.9. The smallest absolute Gasteiger partial charge is 0.182 e. The molecule has 0 radical (unpaired) electrons. The maximum atomic E-state index is 11.9. The fraction of sp³-hybridized carbons (Fsp3) is 0.417. The number of ketones is 1. The summed E-state index contributed by atoms with van der Waals surface area (Å²) in [6.45, 7) is 2.01. The van der Waals surface area contributed by atoms with Crippen molar-refractivity contribution in [1.29, 1.82) is 0 Å². The second-order valence-corrected chi connectivity index (χ2v) is 4.20. The van der Waals surface area contributed by atoms with Gasteiger partial charge < -0.3 is 5.73 Å². The van der Waals surface area contributed by atoms with E-state index in [9.17, 15) is 4.79 Å². The summed E-state index contributed by atoms with van der Waals surface area (Å²) in [5.41, 5.74) is 7.32. The molecule has 2 N–H and O–H groups in total. The number of hydrogen-bond donors (Lipinski definition) is 1. The topological polar surface area (TPSA) is 43.1 Å². The van der Waals surface area contributed by atoms with E-state index in [1.54, 1.807) is 0 Å². The Kier molecular flexibility index (Phi) is 2.16. The summed E-state index contributed by atoms with van der Waals surface area (Å²) < 4.78 is 0. The van der Waals surface area contributed by atoms with Crippen LogP contribution in [0.25, 0.3) is 0 Å². The highest BCUT2D eigenvalue weighted by Gasteiger charge is 2.40. The van der Waals surface area contributed by atoms with Gasteiger partial charge in [-0.2, -0.15) is 0 Å². The Morgan fingerprint density at radius 1 is 1.29 bits per heavy atom. The summed E-state index contributed by atoms with van der Waals surface area (Å²) in [6, 6.07) is 7.64. The van der Waals surface area contributed by atoms with Gasteiger partial charge in [0.25, 0.3) is 0 Å². The monoisotopic (exact) mass is 189 g/mol. The third kappa shape index (κ3) is 1.46. The van der Waals surface area contributed by atoms with Crippen molar-refractivity contribution in [2.24, 2.45) is 5.73 Å². The molecule has 1 aromatic rings. The Bertz CT molecular complexity index is 349. The molecule has 0 atom stereocenters. The normalized spacial score (nSPS) is 18.7. The van der Waals surface area contributed by atoms with Crippen LogP contribution in [0.5, 0.6) is 0 Å². The Hall–Kier alpha value is -1.15. The molecule has 2 nitrogen and oxygen atoms in total. The number of hydrogen-bond acceptors (Lipinski definition) is 2. The molecule has 74 valence electrons. The van der Waals surface area contributed by atoms with E-state index in [2.05, 4.69) is 0 Å². The van der Waals surface area contributed by atoms with Crippen LogP contribution in [0, 0.1) is 6.92 Å². The Morgan fingerprint density at radius 3 is 2.29 bits per heavy atom. The van der Waals surface area contributed by atoms with Gasteiger partial charge in [0.05, 0.1) is 5.54 Å².